The van der Waals surface area contributed by atoms with E-state index >= 15 is 0 Å². The molecule has 1 N–H and O–H groups in total. The Kier molecular flexibility index (Phi) is 7.98. The van der Waals surface area contributed by atoms with Crippen LogP contribution < -0.4 is 5.32 Å². The second-order valence-electron chi connectivity index (χ2n) is 4.54. The Morgan fingerprint density at radius 2 is 1.78 bits per heavy atom. The maximum atomic E-state index is 4.45. The first-order chi connectivity index (χ1) is 8.76. The van der Waals surface area contributed by atoms with Crippen molar-refractivity contribution in [2.24, 2.45) is 0 Å². The number of nitrogens with zero attached hydrogens (tertiary/aromatic N) is 2. The van der Waals surface area contributed by atoms with Crippen LogP contribution in [-0.2, 0) is 6.42 Å². The van der Waals surface area contributed by atoms with Gasteiger partial charge in [-0.3, -0.25) is 0 Å². The maximum Gasteiger partial charge on any atom is 0.131 e. The van der Waals surface area contributed by atoms with Crippen LogP contribution in [0.25, 0.3) is 0 Å². The first-order valence-electron chi connectivity index (χ1n) is 7.03. The van der Waals surface area contributed by atoms with Crippen LogP contribution >= 0.6 is 15.9 Å². The van der Waals surface area contributed by atoms with Gasteiger partial charge >= 0.3 is 0 Å². The van der Waals surface area contributed by atoms with Crippen LogP contribution in [0.2, 0.25) is 0 Å². The molecule has 0 aliphatic carbocycles. The van der Waals surface area contributed by atoms with Crippen molar-refractivity contribution in [1.82, 2.24) is 9.97 Å². The molecule has 1 aromatic rings. The highest BCUT2D eigenvalue weighted by Gasteiger charge is 2.00. The topological polar surface area (TPSA) is 37.8 Å². The lowest BCUT2D eigenvalue weighted by atomic mass is 10.1. The van der Waals surface area contributed by atoms with Crippen molar-refractivity contribution in [3.8, 4) is 0 Å². The lowest BCUT2D eigenvalue weighted by molar-refractivity contribution is 0.616. The number of aryl methyl sites for hydroxylation is 1. The van der Waals surface area contributed by atoms with Crippen molar-refractivity contribution < 1.29 is 0 Å². The molecule has 102 valence electrons. The van der Waals surface area contributed by atoms with Gasteiger partial charge in [-0.2, -0.15) is 0 Å². The standard InChI is InChI=1S/C14H24BrN3/c1-3-5-6-7-8-9-10-16-14-11-12(15)17-13(4-2)18-14/h11H,3-10H2,1-2H3,(H,16,17,18). The zero-order chi connectivity index (χ0) is 13.2. The van der Waals surface area contributed by atoms with E-state index in [0.717, 1.165) is 29.2 Å². The number of hydrogen-bond acceptors (Lipinski definition) is 3. The van der Waals surface area contributed by atoms with E-state index < -0.39 is 0 Å². The first kappa shape index (κ1) is 15.4. The Morgan fingerprint density at radius 1 is 1.06 bits per heavy atom. The monoisotopic (exact) mass is 313 g/mol. The Labute approximate surface area is 119 Å². The summed E-state index contributed by atoms with van der Waals surface area (Å²) >= 11 is 3.41. The zero-order valence-corrected chi connectivity index (χ0v) is 13.1. The third-order valence-electron chi connectivity index (χ3n) is 2.89. The maximum absolute atomic E-state index is 4.45. The van der Waals surface area contributed by atoms with Crippen molar-refractivity contribution in [1.29, 1.82) is 0 Å². The third-order valence-corrected chi connectivity index (χ3v) is 3.30. The molecule has 0 fully saturated rings. The molecule has 18 heavy (non-hydrogen) atoms. The van der Waals surface area contributed by atoms with E-state index in [9.17, 15) is 0 Å². The summed E-state index contributed by atoms with van der Waals surface area (Å²) in [5.41, 5.74) is 0. The average molecular weight is 314 g/mol. The fourth-order valence-electron chi connectivity index (χ4n) is 1.84. The van der Waals surface area contributed by atoms with E-state index in [1.807, 2.05) is 6.07 Å². The number of aromatic nitrogens is 2. The van der Waals surface area contributed by atoms with Gasteiger partial charge in [-0.15, -0.1) is 0 Å². The van der Waals surface area contributed by atoms with E-state index in [4.69, 9.17) is 0 Å². The molecular formula is C14H24BrN3. The first-order valence-corrected chi connectivity index (χ1v) is 7.83. The van der Waals surface area contributed by atoms with Crippen LogP contribution in [0.1, 0.15) is 58.2 Å². The minimum absolute atomic E-state index is 0.861. The molecule has 0 bridgehead atoms. The Hall–Kier alpha value is -0.640. The molecule has 0 spiro atoms. The average Bonchev–Trinajstić information content (AvgIpc) is 2.37. The molecule has 0 unspecified atom stereocenters. The molecule has 0 amide bonds. The van der Waals surface area contributed by atoms with E-state index in [1.54, 1.807) is 0 Å². The normalized spacial score (nSPS) is 10.6. The lowest BCUT2D eigenvalue weighted by Crippen LogP contribution is -2.05. The quantitative estimate of drug-likeness (QED) is 0.536. The molecule has 0 aromatic carbocycles. The number of nitrogens with one attached hydrogen (secondary N) is 1. The van der Waals surface area contributed by atoms with Gasteiger partial charge in [-0.25, -0.2) is 9.97 Å². The minimum Gasteiger partial charge on any atom is -0.370 e. The SMILES string of the molecule is CCCCCCCCNc1cc(Br)nc(CC)n1. The van der Waals surface area contributed by atoms with Crippen LogP contribution in [0.4, 0.5) is 5.82 Å². The minimum atomic E-state index is 0.861. The number of hydrogen-bond donors (Lipinski definition) is 1. The van der Waals surface area contributed by atoms with E-state index in [-0.39, 0.29) is 0 Å². The van der Waals surface area contributed by atoms with E-state index in [1.165, 1.54) is 38.5 Å². The lowest BCUT2D eigenvalue weighted by Gasteiger charge is -2.07. The number of anilines is 1. The summed E-state index contributed by atoms with van der Waals surface area (Å²) < 4.78 is 0.861. The second-order valence-corrected chi connectivity index (χ2v) is 5.35. The smallest absolute Gasteiger partial charge is 0.131 e. The van der Waals surface area contributed by atoms with Crippen molar-refractivity contribution in [3.05, 3.63) is 16.5 Å². The van der Waals surface area contributed by atoms with Crippen molar-refractivity contribution in [3.63, 3.8) is 0 Å². The van der Waals surface area contributed by atoms with E-state index in [2.05, 4.69) is 45.1 Å². The summed E-state index contributed by atoms with van der Waals surface area (Å²) in [5, 5.41) is 3.37. The highest BCUT2D eigenvalue weighted by Crippen LogP contribution is 2.13. The Bertz CT molecular complexity index is 342. The zero-order valence-electron chi connectivity index (χ0n) is 11.5. The molecule has 0 saturated heterocycles. The summed E-state index contributed by atoms with van der Waals surface area (Å²) in [6.45, 7) is 5.32. The molecule has 0 aliphatic heterocycles. The summed E-state index contributed by atoms with van der Waals surface area (Å²) in [6, 6.07) is 1.94. The summed E-state index contributed by atoms with van der Waals surface area (Å²) in [5.74, 6) is 1.82. The number of unbranched alkanes of at least 4 members (excludes halogenated alkanes) is 5. The van der Waals surface area contributed by atoms with Crippen LogP contribution in [0, 0.1) is 0 Å². The van der Waals surface area contributed by atoms with Gasteiger partial charge < -0.3 is 5.32 Å². The summed E-state index contributed by atoms with van der Waals surface area (Å²) in [4.78, 5) is 8.74. The summed E-state index contributed by atoms with van der Waals surface area (Å²) in [7, 11) is 0. The summed E-state index contributed by atoms with van der Waals surface area (Å²) in [6.07, 6.45) is 8.79. The van der Waals surface area contributed by atoms with Crippen molar-refractivity contribution in [2.75, 3.05) is 11.9 Å². The molecule has 4 heteroatoms. The van der Waals surface area contributed by atoms with Gasteiger partial charge in [0.1, 0.15) is 16.2 Å². The molecule has 0 atom stereocenters. The second kappa shape index (κ2) is 9.31. The van der Waals surface area contributed by atoms with Gasteiger partial charge in [0.2, 0.25) is 0 Å². The number of halogens is 1. The highest BCUT2D eigenvalue weighted by atomic mass is 79.9. The molecule has 1 aromatic heterocycles. The van der Waals surface area contributed by atoms with Gasteiger partial charge in [-0.1, -0.05) is 46.0 Å². The Morgan fingerprint density at radius 3 is 2.50 bits per heavy atom. The largest absolute Gasteiger partial charge is 0.370 e. The van der Waals surface area contributed by atoms with Crippen LogP contribution in [-0.4, -0.2) is 16.5 Å². The molecule has 0 saturated carbocycles. The van der Waals surface area contributed by atoms with Gasteiger partial charge in [-0.05, 0) is 22.4 Å². The molecule has 0 aliphatic rings. The fraction of sp³-hybridized carbons (Fsp3) is 0.714. The van der Waals surface area contributed by atoms with Crippen LogP contribution in [0.5, 0.6) is 0 Å². The fourth-order valence-corrected chi connectivity index (χ4v) is 2.26. The predicted octanol–water partition coefficient (Wildman–Crippen LogP) is 4.57. The number of rotatable bonds is 9. The van der Waals surface area contributed by atoms with Gasteiger partial charge in [0.25, 0.3) is 0 Å². The molecule has 1 rings (SSSR count). The predicted molar refractivity (Wildman–Crippen MR) is 81.0 cm³/mol. The Balaban J connectivity index is 2.20. The van der Waals surface area contributed by atoms with Gasteiger partial charge in [0.05, 0.1) is 0 Å². The van der Waals surface area contributed by atoms with Crippen LogP contribution in [0.15, 0.2) is 10.7 Å². The highest BCUT2D eigenvalue weighted by molar-refractivity contribution is 9.10. The molecule has 1 heterocycles. The van der Waals surface area contributed by atoms with Gasteiger partial charge in [0, 0.05) is 19.0 Å². The molecule has 0 radical (unpaired) electrons. The third kappa shape index (κ3) is 6.34. The van der Waals surface area contributed by atoms with Crippen molar-refractivity contribution >= 4 is 21.7 Å². The molecule has 3 nitrogen and oxygen atoms in total. The van der Waals surface area contributed by atoms with Gasteiger partial charge in [0.15, 0.2) is 0 Å². The van der Waals surface area contributed by atoms with Crippen LogP contribution in [0.3, 0.4) is 0 Å². The van der Waals surface area contributed by atoms with Crippen molar-refractivity contribution in [2.45, 2.75) is 58.8 Å². The molecular weight excluding hydrogens is 290 g/mol. The van der Waals surface area contributed by atoms with E-state index in [0.29, 0.717) is 0 Å².